The number of nitrogens with zero attached hydrogens (tertiary/aromatic N) is 3. The molecule has 1 aromatic carbocycles. The number of carboxylic acid groups (broad SMARTS) is 1. The minimum atomic E-state index is -5.02. The van der Waals surface area contributed by atoms with E-state index in [1.54, 1.807) is 20.8 Å². The fraction of sp³-hybridized carbons (Fsp3) is 0.562. The van der Waals surface area contributed by atoms with Gasteiger partial charge in [-0.1, -0.05) is 26.8 Å². The molecule has 19 heteroatoms. The first-order valence-corrected chi connectivity index (χ1v) is 17.4. The third kappa shape index (κ3) is 7.38. The lowest BCUT2D eigenvalue weighted by Gasteiger charge is -2.35. The largest absolute Gasteiger partial charge is 0.497 e. The molecule has 4 amide bonds. The van der Waals surface area contributed by atoms with Crippen molar-refractivity contribution in [3.63, 3.8) is 0 Å². The average Bonchev–Trinajstić information content (AvgIpc) is 3.92. The molecule has 0 radical (unpaired) electrons. The summed E-state index contributed by atoms with van der Waals surface area (Å²) in [6.07, 6.45) is -6.25. The number of ether oxygens (including phenoxy) is 2. The molecule has 1 unspecified atom stereocenters. The van der Waals surface area contributed by atoms with E-state index in [4.69, 9.17) is 9.47 Å². The van der Waals surface area contributed by atoms with Crippen molar-refractivity contribution in [1.29, 1.82) is 0 Å². The van der Waals surface area contributed by atoms with Crippen molar-refractivity contribution >= 4 is 44.9 Å². The van der Waals surface area contributed by atoms with Gasteiger partial charge in [0.05, 0.1) is 29.4 Å². The van der Waals surface area contributed by atoms with Crippen LogP contribution < -0.4 is 24.8 Å². The standard InChI is InChI=1S/C32H39F3N6O9S/c1-7-16-14-31(16,27(44)40-51(47,48)30(5)10-11-30)39-24(42)21-13-18(15-41(21)26(43)23(29(2,3)4)38-28(45)46)50-25-22(32(33,34)35)36-19-9-8-17(49-6)12-20(19)37-25/h7-9,12,16,18,21,23,38H,1,10-11,13-15H2,2-6H3,(H,39,42)(H,40,44)(H,45,46)/t16-,18-,21+,23?,31-/m1/s1. The summed E-state index contributed by atoms with van der Waals surface area (Å²) in [6.45, 7) is 9.35. The van der Waals surface area contributed by atoms with Gasteiger partial charge in [-0.25, -0.2) is 23.2 Å². The minimum absolute atomic E-state index is 0.00295. The normalized spacial score (nSPS) is 24.6. The Labute approximate surface area is 291 Å². The van der Waals surface area contributed by atoms with E-state index in [1.807, 2.05) is 0 Å². The first-order valence-electron chi connectivity index (χ1n) is 16.0. The lowest BCUT2D eigenvalue weighted by atomic mass is 9.85. The predicted molar refractivity (Wildman–Crippen MR) is 174 cm³/mol. The van der Waals surface area contributed by atoms with Gasteiger partial charge in [0, 0.05) is 18.4 Å². The number of carbonyl (C=O) groups excluding carboxylic acids is 3. The molecule has 2 aliphatic carbocycles. The van der Waals surface area contributed by atoms with Gasteiger partial charge in [0.25, 0.3) is 5.91 Å². The number of alkyl halides is 3. The number of nitrogens with one attached hydrogen (secondary N) is 3. The SMILES string of the molecule is C=C[C@@H]1C[C@]1(NC(=O)[C@@H]1C[C@@H](Oc2nc3cc(OC)ccc3nc2C(F)(F)F)CN1C(=O)C(NC(=O)O)C(C)(C)C)C(=O)NS(=O)(=O)C1(C)CC1. The molecule has 1 aromatic heterocycles. The van der Waals surface area contributed by atoms with Crippen molar-refractivity contribution in [2.45, 2.75) is 88.0 Å². The maximum absolute atomic E-state index is 14.2. The van der Waals surface area contributed by atoms with Gasteiger partial charge in [0.2, 0.25) is 33.4 Å². The Kier molecular flexibility index (Phi) is 9.45. The van der Waals surface area contributed by atoms with Crippen LogP contribution in [0.4, 0.5) is 18.0 Å². The Morgan fingerprint density at radius 3 is 2.33 bits per heavy atom. The number of methoxy groups -OCH3 is 1. The number of sulfonamides is 1. The molecular weight excluding hydrogens is 701 g/mol. The molecule has 1 aliphatic heterocycles. The van der Waals surface area contributed by atoms with Crippen molar-refractivity contribution in [3.05, 3.63) is 36.5 Å². The van der Waals surface area contributed by atoms with Crippen LogP contribution >= 0.6 is 0 Å². The number of fused-ring (bicyclic) bond motifs is 1. The van der Waals surface area contributed by atoms with E-state index in [9.17, 15) is 45.9 Å². The number of aromatic nitrogens is 2. The fourth-order valence-electron chi connectivity index (χ4n) is 6.00. The number of rotatable bonds is 11. The second-order valence-electron chi connectivity index (χ2n) is 14.4. The van der Waals surface area contributed by atoms with Gasteiger partial charge >= 0.3 is 12.3 Å². The highest BCUT2D eigenvalue weighted by molar-refractivity contribution is 7.91. The zero-order chi connectivity index (χ0) is 37.9. The van der Waals surface area contributed by atoms with Crippen LogP contribution in [0.15, 0.2) is 30.9 Å². The number of hydrogen-bond donors (Lipinski definition) is 4. The van der Waals surface area contributed by atoms with E-state index in [-0.39, 0.29) is 23.2 Å². The van der Waals surface area contributed by atoms with Crippen LogP contribution in [-0.4, -0.2) is 94.3 Å². The van der Waals surface area contributed by atoms with Crippen LogP contribution in [0.3, 0.4) is 0 Å². The number of hydrogen-bond acceptors (Lipinski definition) is 10. The van der Waals surface area contributed by atoms with E-state index in [0.29, 0.717) is 12.8 Å². The molecule has 278 valence electrons. The van der Waals surface area contributed by atoms with Crippen molar-refractivity contribution in [2.75, 3.05) is 13.7 Å². The van der Waals surface area contributed by atoms with Crippen molar-refractivity contribution in [2.24, 2.45) is 11.3 Å². The van der Waals surface area contributed by atoms with Crippen LogP contribution in [0.25, 0.3) is 11.0 Å². The number of likely N-dealkylation sites (tertiary alicyclic amines) is 1. The summed E-state index contributed by atoms with van der Waals surface area (Å²) in [4.78, 5) is 61.9. The predicted octanol–water partition coefficient (Wildman–Crippen LogP) is 2.75. The lowest BCUT2D eigenvalue weighted by Crippen LogP contribution is -2.60. The first kappa shape index (κ1) is 37.6. The molecule has 5 atom stereocenters. The Balaban J connectivity index is 1.49. The van der Waals surface area contributed by atoms with Crippen LogP contribution in [0.2, 0.25) is 0 Å². The maximum Gasteiger partial charge on any atom is 0.438 e. The minimum Gasteiger partial charge on any atom is -0.497 e. The second kappa shape index (κ2) is 12.8. The monoisotopic (exact) mass is 740 g/mol. The zero-order valence-corrected chi connectivity index (χ0v) is 29.3. The Hall–Kier alpha value is -4.68. The summed E-state index contributed by atoms with van der Waals surface area (Å²) in [5, 5.41) is 14.2. The molecule has 0 spiro atoms. The zero-order valence-electron chi connectivity index (χ0n) is 28.5. The Bertz CT molecular complexity index is 1900. The van der Waals surface area contributed by atoms with E-state index >= 15 is 0 Å². The summed E-state index contributed by atoms with van der Waals surface area (Å²) in [7, 11) is -2.75. The molecule has 0 bridgehead atoms. The topological polar surface area (TPSA) is 206 Å². The number of amides is 4. The summed E-state index contributed by atoms with van der Waals surface area (Å²) in [6, 6.07) is 1.12. The van der Waals surface area contributed by atoms with E-state index in [0.717, 1.165) is 4.90 Å². The fourth-order valence-corrected chi connectivity index (χ4v) is 7.31. The molecule has 51 heavy (non-hydrogen) atoms. The van der Waals surface area contributed by atoms with E-state index < -0.39 is 104 Å². The van der Waals surface area contributed by atoms with E-state index in [1.165, 1.54) is 38.3 Å². The molecule has 4 N–H and O–H groups in total. The highest BCUT2D eigenvalue weighted by Gasteiger charge is 2.63. The highest BCUT2D eigenvalue weighted by Crippen LogP contribution is 2.47. The van der Waals surface area contributed by atoms with Gasteiger partial charge in [-0.15, -0.1) is 6.58 Å². The van der Waals surface area contributed by atoms with Gasteiger partial charge in [0.15, 0.2) is 0 Å². The highest BCUT2D eigenvalue weighted by atomic mass is 32.2. The van der Waals surface area contributed by atoms with Crippen molar-refractivity contribution < 1.29 is 55.3 Å². The summed E-state index contributed by atoms with van der Waals surface area (Å²) >= 11 is 0. The number of halogens is 3. The molecule has 2 aromatic rings. The van der Waals surface area contributed by atoms with Gasteiger partial charge in [-0.3, -0.25) is 19.1 Å². The van der Waals surface area contributed by atoms with E-state index in [2.05, 4.69) is 31.9 Å². The van der Waals surface area contributed by atoms with Gasteiger partial charge in [-0.05, 0) is 43.7 Å². The molecular formula is C32H39F3N6O9S. The van der Waals surface area contributed by atoms with Crippen LogP contribution in [-0.2, 0) is 30.6 Å². The molecule has 3 aliphatic rings. The molecule has 2 heterocycles. The third-order valence-corrected chi connectivity index (χ3v) is 11.7. The molecule has 5 rings (SSSR count). The molecule has 3 fully saturated rings. The van der Waals surface area contributed by atoms with Gasteiger partial charge in [0.1, 0.15) is 29.5 Å². The first-order chi connectivity index (χ1) is 23.5. The second-order valence-corrected chi connectivity index (χ2v) is 16.5. The number of benzene rings is 1. The quantitative estimate of drug-likeness (QED) is 0.247. The summed E-state index contributed by atoms with van der Waals surface area (Å²) < 4.78 is 80.2. The molecule has 2 saturated carbocycles. The number of carbonyl (C=O) groups is 4. The lowest BCUT2D eigenvalue weighted by molar-refractivity contribution is -0.143. The molecule has 1 saturated heterocycles. The Morgan fingerprint density at radius 1 is 1.14 bits per heavy atom. The van der Waals surface area contributed by atoms with Crippen LogP contribution in [0, 0.1) is 11.3 Å². The summed E-state index contributed by atoms with van der Waals surface area (Å²) in [5.41, 5.74) is -4.35. The average molecular weight is 741 g/mol. The van der Waals surface area contributed by atoms with Crippen molar-refractivity contribution in [3.8, 4) is 11.6 Å². The van der Waals surface area contributed by atoms with Crippen molar-refractivity contribution in [1.82, 2.24) is 30.2 Å². The summed E-state index contributed by atoms with van der Waals surface area (Å²) in [5.74, 6) is -4.17. The molecule has 15 nitrogen and oxygen atoms in total. The van der Waals surface area contributed by atoms with Gasteiger partial charge in [-0.2, -0.15) is 13.2 Å². The van der Waals surface area contributed by atoms with Gasteiger partial charge < -0.3 is 30.1 Å². The smallest absolute Gasteiger partial charge is 0.438 e. The third-order valence-electron chi connectivity index (χ3n) is 9.50. The Morgan fingerprint density at radius 2 is 1.80 bits per heavy atom. The maximum atomic E-state index is 14.2. The van der Waals surface area contributed by atoms with Crippen LogP contribution in [0.5, 0.6) is 11.6 Å². The van der Waals surface area contributed by atoms with Crippen LogP contribution in [0.1, 0.15) is 59.1 Å².